The van der Waals surface area contributed by atoms with Gasteiger partial charge in [0.1, 0.15) is 0 Å². The Balaban J connectivity index is 1.32. The lowest BCUT2D eigenvalue weighted by Crippen LogP contribution is -2.54. The van der Waals surface area contributed by atoms with Crippen molar-refractivity contribution in [3.8, 4) is 0 Å². The lowest BCUT2D eigenvalue weighted by atomic mass is 9.46. The molecule has 1 N–H and O–H groups in total. The molecule has 0 aromatic heterocycles. The normalized spacial score (nSPS) is 58.4. The van der Waals surface area contributed by atoms with Gasteiger partial charge in [0.2, 0.25) is 0 Å². The maximum absolute atomic E-state index is 13.5. The minimum atomic E-state index is -0.387. The molecule has 0 amide bonds. The Morgan fingerprint density at radius 3 is 2.61 bits per heavy atom. The number of aliphatic hydroxyl groups excluding tert-OH is 1. The topological polar surface area (TPSA) is 55.8 Å². The van der Waals surface area contributed by atoms with E-state index in [2.05, 4.69) is 27.7 Å². The summed E-state index contributed by atoms with van der Waals surface area (Å²) in [4.78, 5) is 13.5. The molecule has 31 heavy (non-hydrogen) atoms. The maximum atomic E-state index is 13.5. The third kappa shape index (κ3) is 2.68. The van der Waals surface area contributed by atoms with Gasteiger partial charge in [-0.2, -0.15) is 0 Å². The molecule has 172 valence electrons. The maximum Gasteiger partial charge on any atom is 0.171 e. The molecular weight excluding hydrogens is 388 g/mol. The van der Waals surface area contributed by atoms with Crippen molar-refractivity contribution >= 4 is 5.78 Å². The third-order valence-corrected chi connectivity index (χ3v) is 11.2. The molecule has 5 fully saturated rings. The molecule has 9 unspecified atom stereocenters. The van der Waals surface area contributed by atoms with Gasteiger partial charge in [-0.25, -0.2) is 0 Å². The van der Waals surface area contributed by atoms with Crippen LogP contribution in [0.15, 0.2) is 11.6 Å². The number of carbonyl (C=O) groups is 1. The number of hydrogen-bond acceptors (Lipinski definition) is 4. The van der Waals surface area contributed by atoms with E-state index in [1.165, 1.54) is 18.4 Å². The molecule has 3 saturated carbocycles. The molecule has 2 heterocycles. The molecule has 2 saturated heterocycles. The molecule has 0 aromatic carbocycles. The second-order valence-electron chi connectivity index (χ2n) is 12.6. The van der Waals surface area contributed by atoms with Crippen LogP contribution in [0.25, 0.3) is 0 Å². The fraction of sp³-hybridized carbons (Fsp3) is 0.889. The van der Waals surface area contributed by atoms with Crippen LogP contribution in [0.4, 0.5) is 0 Å². The van der Waals surface area contributed by atoms with Crippen molar-refractivity contribution < 1.29 is 19.4 Å². The molecule has 6 aliphatic rings. The number of aliphatic hydroxyl groups is 1. The van der Waals surface area contributed by atoms with E-state index in [9.17, 15) is 9.90 Å². The summed E-state index contributed by atoms with van der Waals surface area (Å²) in [6.07, 6.45) is 10.0. The monoisotopic (exact) mass is 428 g/mol. The van der Waals surface area contributed by atoms with E-state index in [-0.39, 0.29) is 34.7 Å². The van der Waals surface area contributed by atoms with Crippen LogP contribution in [0.5, 0.6) is 0 Å². The molecule has 1 spiro atoms. The quantitative estimate of drug-likeness (QED) is 0.597. The van der Waals surface area contributed by atoms with Crippen molar-refractivity contribution in [2.75, 3.05) is 6.61 Å². The van der Waals surface area contributed by atoms with Gasteiger partial charge in [-0.1, -0.05) is 33.3 Å². The number of ketones is 1. The predicted octanol–water partition coefficient (Wildman–Crippen LogP) is 4.89. The minimum absolute atomic E-state index is 0.0904. The first-order chi connectivity index (χ1) is 14.7. The van der Waals surface area contributed by atoms with Crippen LogP contribution < -0.4 is 0 Å². The summed E-state index contributed by atoms with van der Waals surface area (Å²) in [5, 5.41) is 10.2. The van der Waals surface area contributed by atoms with Gasteiger partial charge in [-0.15, -0.1) is 0 Å². The largest absolute Gasteiger partial charge is 0.393 e. The number of fused-ring (bicyclic) bond motifs is 7. The second kappa shape index (κ2) is 6.67. The summed E-state index contributed by atoms with van der Waals surface area (Å²) in [5.74, 6) is 2.43. The van der Waals surface area contributed by atoms with E-state index in [1.54, 1.807) is 0 Å². The first kappa shape index (κ1) is 20.9. The summed E-state index contributed by atoms with van der Waals surface area (Å²) >= 11 is 0. The predicted molar refractivity (Wildman–Crippen MR) is 118 cm³/mol. The van der Waals surface area contributed by atoms with E-state index in [0.717, 1.165) is 38.7 Å². The highest BCUT2D eigenvalue weighted by molar-refractivity contribution is 5.94. The van der Waals surface area contributed by atoms with Gasteiger partial charge in [0, 0.05) is 18.3 Å². The summed E-state index contributed by atoms with van der Waals surface area (Å²) < 4.78 is 13.2. The number of carbonyl (C=O) groups excluding carboxylic acids is 1. The van der Waals surface area contributed by atoms with Crippen molar-refractivity contribution in [1.29, 1.82) is 0 Å². The lowest BCUT2D eigenvalue weighted by Gasteiger charge is -2.57. The molecule has 0 radical (unpaired) electrons. The van der Waals surface area contributed by atoms with Crippen molar-refractivity contribution in [3.05, 3.63) is 11.6 Å². The van der Waals surface area contributed by atoms with Gasteiger partial charge >= 0.3 is 0 Å². The zero-order valence-corrected chi connectivity index (χ0v) is 19.7. The molecule has 6 rings (SSSR count). The zero-order valence-electron chi connectivity index (χ0n) is 19.7. The number of ether oxygens (including phenoxy) is 2. The molecule has 2 aliphatic heterocycles. The Hall–Kier alpha value is -0.710. The van der Waals surface area contributed by atoms with E-state index in [1.807, 2.05) is 6.08 Å². The first-order valence-electron chi connectivity index (χ1n) is 12.9. The number of hydrogen-bond donors (Lipinski definition) is 1. The van der Waals surface area contributed by atoms with Gasteiger partial charge in [-0.3, -0.25) is 4.79 Å². The van der Waals surface area contributed by atoms with E-state index >= 15 is 0 Å². The van der Waals surface area contributed by atoms with Gasteiger partial charge in [0.25, 0.3) is 0 Å². The van der Waals surface area contributed by atoms with Crippen LogP contribution in [0.1, 0.15) is 79.1 Å². The number of rotatable bonds is 0. The van der Waals surface area contributed by atoms with E-state index < -0.39 is 0 Å². The van der Waals surface area contributed by atoms with Crippen LogP contribution >= 0.6 is 0 Å². The highest BCUT2D eigenvalue weighted by Crippen LogP contribution is 2.70. The highest BCUT2D eigenvalue weighted by atomic mass is 16.7. The van der Waals surface area contributed by atoms with Gasteiger partial charge in [0.05, 0.1) is 18.8 Å². The first-order valence-corrected chi connectivity index (χ1v) is 12.9. The van der Waals surface area contributed by atoms with Crippen molar-refractivity contribution in [1.82, 2.24) is 0 Å². The minimum Gasteiger partial charge on any atom is -0.393 e. The highest BCUT2D eigenvalue weighted by Gasteiger charge is 2.69. The summed E-state index contributed by atoms with van der Waals surface area (Å²) in [5.41, 5.74) is 1.48. The Kier molecular flexibility index (Phi) is 4.49. The molecule has 0 aromatic rings. The average molecular weight is 429 g/mol. The van der Waals surface area contributed by atoms with Crippen LogP contribution in [-0.2, 0) is 14.3 Å². The van der Waals surface area contributed by atoms with Gasteiger partial charge in [-0.05, 0) is 85.5 Å². The van der Waals surface area contributed by atoms with E-state index in [4.69, 9.17) is 9.47 Å². The van der Waals surface area contributed by atoms with Gasteiger partial charge in [0.15, 0.2) is 11.6 Å². The smallest absolute Gasteiger partial charge is 0.171 e. The Morgan fingerprint density at radius 2 is 1.87 bits per heavy atom. The van der Waals surface area contributed by atoms with Crippen LogP contribution in [0.3, 0.4) is 0 Å². The summed E-state index contributed by atoms with van der Waals surface area (Å²) in [7, 11) is 0. The molecule has 4 nitrogen and oxygen atoms in total. The second-order valence-corrected chi connectivity index (χ2v) is 12.6. The Bertz CT molecular complexity index is 810. The van der Waals surface area contributed by atoms with Crippen molar-refractivity contribution in [2.45, 2.75) is 97.1 Å². The van der Waals surface area contributed by atoms with Gasteiger partial charge < -0.3 is 14.6 Å². The summed E-state index contributed by atoms with van der Waals surface area (Å²) in [6.45, 7) is 10.3. The molecule has 0 bridgehead atoms. The van der Waals surface area contributed by atoms with Crippen LogP contribution in [-0.4, -0.2) is 35.5 Å². The average Bonchev–Trinajstić information content (AvgIpc) is 3.16. The SMILES string of the molecule is CC1CCC2(OC1)OC1CC3C4C(=O)C=C5CC(O)CC[C@]5(C)C4CC[C@]3(C)C1C2C. The fourth-order valence-electron chi connectivity index (χ4n) is 9.41. The zero-order chi connectivity index (χ0) is 21.8. The number of allylic oxidation sites excluding steroid dienone is 1. The van der Waals surface area contributed by atoms with Crippen molar-refractivity contribution in [3.63, 3.8) is 0 Å². The Morgan fingerprint density at radius 1 is 1.06 bits per heavy atom. The van der Waals surface area contributed by atoms with Crippen LogP contribution in [0.2, 0.25) is 0 Å². The molecule has 11 atom stereocenters. The summed E-state index contributed by atoms with van der Waals surface area (Å²) in [6, 6.07) is 0. The molecule has 4 heteroatoms. The molecular formula is C27H40O4. The van der Waals surface area contributed by atoms with Crippen molar-refractivity contribution in [2.24, 2.45) is 46.3 Å². The standard InChI is InChI=1S/C27H40O4/c1-15-5-10-27(30-14-15)16(2)24-22(31-27)13-20-23-19(7-9-26(20,24)4)25(3)8-6-18(28)11-17(25)12-21(23)29/h12,15-16,18-20,22-24,28H,5-11,13-14H2,1-4H3/t15?,16?,18?,19?,20?,22?,23?,24?,25-,26-,27?/m0/s1. The third-order valence-electron chi connectivity index (χ3n) is 11.2. The molecule has 4 aliphatic carbocycles. The van der Waals surface area contributed by atoms with E-state index in [0.29, 0.717) is 41.8 Å². The fourth-order valence-corrected chi connectivity index (χ4v) is 9.41. The lowest BCUT2D eigenvalue weighted by molar-refractivity contribution is -0.272. The Labute approximate surface area is 187 Å². The van der Waals surface area contributed by atoms with Crippen LogP contribution in [0, 0.1) is 46.3 Å².